The predicted molar refractivity (Wildman–Crippen MR) is 121 cm³/mol. The summed E-state index contributed by atoms with van der Waals surface area (Å²) in [7, 11) is -3.67. The molecule has 30 heavy (non-hydrogen) atoms. The fourth-order valence-electron chi connectivity index (χ4n) is 3.10. The van der Waals surface area contributed by atoms with Gasteiger partial charge in [0.25, 0.3) is 5.91 Å². The zero-order valence-corrected chi connectivity index (χ0v) is 19.2. The molecule has 1 N–H and O–H groups in total. The van der Waals surface area contributed by atoms with Gasteiger partial charge in [0.15, 0.2) is 4.34 Å². The fourth-order valence-corrected chi connectivity index (χ4v) is 7.62. The van der Waals surface area contributed by atoms with Crippen LogP contribution < -0.4 is 5.32 Å². The highest BCUT2D eigenvalue weighted by Gasteiger charge is 2.31. The van der Waals surface area contributed by atoms with Crippen molar-refractivity contribution in [1.82, 2.24) is 14.5 Å². The lowest BCUT2D eigenvalue weighted by atomic mass is 10.2. The maximum atomic E-state index is 13.0. The quantitative estimate of drug-likeness (QED) is 0.400. The Morgan fingerprint density at radius 1 is 1.10 bits per heavy atom. The molecule has 1 amide bonds. The Bertz CT molecular complexity index is 1110. The van der Waals surface area contributed by atoms with Crippen molar-refractivity contribution >= 4 is 55.5 Å². The molecule has 2 aromatic heterocycles. The minimum absolute atomic E-state index is 0.0649. The number of anilines is 1. The van der Waals surface area contributed by atoms with Gasteiger partial charge >= 0.3 is 0 Å². The molecule has 1 aliphatic rings. The van der Waals surface area contributed by atoms with Crippen LogP contribution in [0.5, 0.6) is 0 Å². The summed E-state index contributed by atoms with van der Waals surface area (Å²) >= 11 is 3.93. The number of hydrogen-bond acceptors (Lipinski definition) is 8. The summed E-state index contributed by atoms with van der Waals surface area (Å²) in [4.78, 5) is 13.0. The zero-order chi connectivity index (χ0) is 21.0. The number of sulfonamides is 1. The summed E-state index contributed by atoms with van der Waals surface area (Å²) in [5.74, 6) is 0.281. The first-order chi connectivity index (χ1) is 14.5. The summed E-state index contributed by atoms with van der Waals surface area (Å²) in [5, 5.41) is 12.8. The molecule has 3 aromatic rings. The number of hydrogen-bond donors (Lipinski definition) is 1. The third kappa shape index (κ3) is 4.92. The highest BCUT2D eigenvalue weighted by Crippen LogP contribution is 2.31. The topological polar surface area (TPSA) is 92.3 Å². The molecule has 4 rings (SSSR count). The molecule has 1 aromatic carbocycles. The van der Waals surface area contributed by atoms with Crippen molar-refractivity contribution in [1.29, 1.82) is 0 Å². The molecule has 7 nitrogen and oxygen atoms in total. The van der Waals surface area contributed by atoms with E-state index in [0.29, 0.717) is 18.2 Å². The fraction of sp³-hybridized carbons (Fsp3) is 0.316. The van der Waals surface area contributed by atoms with Crippen molar-refractivity contribution in [3.05, 3.63) is 52.2 Å². The number of nitrogens with zero attached hydrogens (tertiary/aromatic N) is 3. The second-order valence-corrected chi connectivity index (χ2v) is 11.7. The normalized spacial score (nSPS) is 15.2. The molecule has 0 unspecified atom stereocenters. The van der Waals surface area contributed by atoms with Crippen LogP contribution in [0.2, 0.25) is 0 Å². The number of thiophene rings is 1. The molecule has 0 spiro atoms. The Kier molecular flexibility index (Phi) is 6.84. The van der Waals surface area contributed by atoms with Crippen molar-refractivity contribution < 1.29 is 13.2 Å². The van der Waals surface area contributed by atoms with Gasteiger partial charge < -0.3 is 0 Å². The highest BCUT2D eigenvalue weighted by molar-refractivity contribution is 8.00. The van der Waals surface area contributed by atoms with Crippen LogP contribution in [0.3, 0.4) is 0 Å². The van der Waals surface area contributed by atoms with E-state index in [-0.39, 0.29) is 9.77 Å². The lowest BCUT2D eigenvalue weighted by molar-refractivity contribution is 0.102. The van der Waals surface area contributed by atoms with E-state index < -0.39 is 15.9 Å². The molecule has 1 fully saturated rings. The molecule has 0 atom stereocenters. The van der Waals surface area contributed by atoms with Gasteiger partial charge in [0, 0.05) is 18.8 Å². The van der Waals surface area contributed by atoms with Gasteiger partial charge in [0.1, 0.15) is 9.77 Å². The highest BCUT2D eigenvalue weighted by atomic mass is 32.2. The average molecular weight is 481 g/mol. The largest absolute Gasteiger partial charge is 0.296 e. The summed E-state index contributed by atoms with van der Waals surface area (Å²) in [6.45, 7) is 0.995. The molecule has 11 heteroatoms. The predicted octanol–water partition coefficient (Wildman–Crippen LogP) is 4.32. The van der Waals surface area contributed by atoms with E-state index in [2.05, 4.69) is 15.5 Å². The summed E-state index contributed by atoms with van der Waals surface area (Å²) < 4.78 is 28.2. The number of carbonyl (C=O) groups excluding carboxylic acids is 1. The lowest BCUT2D eigenvalue weighted by Crippen LogP contribution is -2.36. The van der Waals surface area contributed by atoms with Gasteiger partial charge in [-0.25, -0.2) is 8.42 Å². The van der Waals surface area contributed by atoms with Gasteiger partial charge in [-0.2, -0.15) is 4.31 Å². The Morgan fingerprint density at radius 3 is 2.63 bits per heavy atom. The van der Waals surface area contributed by atoms with Crippen LogP contribution in [0.4, 0.5) is 5.13 Å². The van der Waals surface area contributed by atoms with Crippen LogP contribution >= 0.6 is 34.4 Å². The molecule has 0 saturated carbocycles. The minimum Gasteiger partial charge on any atom is -0.296 e. The van der Waals surface area contributed by atoms with E-state index >= 15 is 0 Å². The van der Waals surface area contributed by atoms with E-state index in [1.54, 1.807) is 5.38 Å². The van der Waals surface area contributed by atoms with Crippen molar-refractivity contribution in [2.24, 2.45) is 0 Å². The van der Waals surface area contributed by atoms with Crippen molar-refractivity contribution in [2.75, 3.05) is 18.4 Å². The SMILES string of the molecule is O=C(Nc1nnc(SCc2ccccc2)s1)c1sccc1S(=O)(=O)N1CCCCC1. The smallest absolute Gasteiger partial charge is 0.268 e. The number of rotatable bonds is 7. The van der Waals surface area contributed by atoms with Gasteiger partial charge in [-0.15, -0.1) is 21.5 Å². The Hall–Kier alpha value is -1.79. The number of carbonyl (C=O) groups is 1. The summed E-state index contributed by atoms with van der Waals surface area (Å²) in [6.07, 6.45) is 2.73. The minimum atomic E-state index is -3.67. The number of benzene rings is 1. The van der Waals surface area contributed by atoms with Crippen molar-refractivity contribution in [3.63, 3.8) is 0 Å². The van der Waals surface area contributed by atoms with E-state index in [4.69, 9.17) is 0 Å². The van der Waals surface area contributed by atoms with Crippen LogP contribution in [-0.2, 0) is 15.8 Å². The van der Waals surface area contributed by atoms with E-state index in [1.807, 2.05) is 30.3 Å². The second kappa shape index (κ2) is 9.56. The maximum absolute atomic E-state index is 13.0. The van der Waals surface area contributed by atoms with Gasteiger partial charge in [-0.05, 0) is 29.9 Å². The monoisotopic (exact) mass is 480 g/mol. The van der Waals surface area contributed by atoms with Gasteiger partial charge in [-0.3, -0.25) is 10.1 Å². The van der Waals surface area contributed by atoms with Crippen molar-refractivity contribution in [3.8, 4) is 0 Å². The van der Waals surface area contributed by atoms with Crippen LogP contribution in [-0.4, -0.2) is 41.9 Å². The van der Waals surface area contributed by atoms with E-state index in [1.165, 1.54) is 39.0 Å². The Labute approximate surface area is 187 Å². The number of thioether (sulfide) groups is 1. The van der Waals surface area contributed by atoms with Crippen LogP contribution in [0.1, 0.15) is 34.5 Å². The van der Waals surface area contributed by atoms with Gasteiger partial charge in [0.2, 0.25) is 15.2 Å². The molecule has 1 aliphatic heterocycles. The molecule has 1 saturated heterocycles. The third-order valence-electron chi connectivity index (χ3n) is 4.60. The molecular formula is C19H20N4O3S4. The maximum Gasteiger partial charge on any atom is 0.268 e. The first kappa shape index (κ1) is 21.4. The first-order valence-corrected chi connectivity index (χ1v) is 13.6. The standard InChI is InChI=1S/C19H20N4O3S4/c24-17(16-15(9-12-27-16)30(25,26)23-10-5-2-6-11-23)20-18-21-22-19(29-18)28-13-14-7-3-1-4-8-14/h1,3-4,7-9,12H,2,5-6,10-11,13H2,(H,20,21,24). The first-order valence-electron chi connectivity index (χ1n) is 9.43. The summed E-state index contributed by atoms with van der Waals surface area (Å²) in [6, 6.07) is 11.5. The van der Waals surface area contributed by atoms with Crippen molar-refractivity contribution in [2.45, 2.75) is 34.3 Å². The number of aromatic nitrogens is 2. The molecule has 0 bridgehead atoms. The average Bonchev–Trinajstić information content (AvgIpc) is 3.44. The molecular weight excluding hydrogens is 461 g/mol. The molecule has 0 radical (unpaired) electrons. The molecule has 3 heterocycles. The Morgan fingerprint density at radius 2 is 1.87 bits per heavy atom. The second-order valence-electron chi connectivity index (χ2n) is 6.68. The molecule has 0 aliphatic carbocycles. The lowest BCUT2D eigenvalue weighted by Gasteiger charge is -2.25. The zero-order valence-electron chi connectivity index (χ0n) is 16.0. The number of piperidine rings is 1. The van der Waals surface area contributed by atoms with E-state index in [0.717, 1.165) is 40.7 Å². The number of nitrogens with one attached hydrogen (secondary N) is 1. The van der Waals surface area contributed by atoms with E-state index in [9.17, 15) is 13.2 Å². The van der Waals surface area contributed by atoms with Crippen LogP contribution in [0, 0.1) is 0 Å². The van der Waals surface area contributed by atoms with Gasteiger partial charge in [0.05, 0.1) is 0 Å². The summed E-state index contributed by atoms with van der Waals surface area (Å²) in [5.41, 5.74) is 1.18. The third-order valence-corrected chi connectivity index (χ3v) is 9.63. The Balaban J connectivity index is 1.43. The van der Waals surface area contributed by atoms with Gasteiger partial charge in [-0.1, -0.05) is 59.9 Å². The molecule has 158 valence electrons. The van der Waals surface area contributed by atoms with Crippen LogP contribution in [0.25, 0.3) is 0 Å². The van der Waals surface area contributed by atoms with Crippen LogP contribution in [0.15, 0.2) is 51.0 Å². The number of amides is 1.